The lowest BCUT2D eigenvalue weighted by molar-refractivity contribution is 0.0956. The number of nitrogens with zero attached hydrogens (tertiary/aromatic N) is 4. The number of hydrogen-bond donors (Lipinski definition) is 1. The van der Waals surface area contributed by atoms with Gasteiger partial charge in [-0.3, -0.25) is 9.59 Å². The number of aromatic nitrogens is 4. The Balaban J connectivity index is 1.59. The maximum Gasteiger partial charge on any atom is 0.247 e. The van der Waals surface area contributed by atoms with Crippen LogP contribution in [0.3, 0.4) is 0 Å². The highest BCUT2D eigenvalue weighted by atomic mass is 16.1. The van der Waals surface area contributed by atoms with Gasteiger partial charge in [0.05, 0.1) is 18.0 Å². The molecule has 27 heavy (non-hydrogen) atoms. The van der Waals surface area contributed by atoms with Crippen LogP contribution in [0, 0.1) is 17.2 Å². The van der Waals surface area contributed by atoms with Crippen LogP contribution >= 0.6 is 0 Å². The second kappa shape index (κ2) is 7.10. The molecule has 1 atom stereocenters. The normalized spacial score (nSPS) is 20.0. The zero-order valence-electron chi connectivity index (χ0n) is 15.2. The molecule has 4 rings (SSSR count). The minimum atomic E-state index is -0.536. The van der Waals surface area contributed by atoms with Crippen molar-refractivity contribution < 1.29 is 4.79 Å². The Hall–Kier alpha value is -2.75. The Bertz CT molecular complexity index is 908. The van der Waals surface area contributed by atoms with Gasteiger partial charge in [-0.2, -0.15) is 5.26 Å². The summed E-state index contributed by atoms with van der Waals surface area (Å²) in [5.74, 6) is 0.388. The Morgan fingerprint density at radius 3 is 2.74 bits per heavy atom. The molecule has 7 nitrogen and oxygen atoms in total. The van der Waals surface area contributed by atoms with Gasteiger partial charge < -0.3 is 4.98 Å². The van der Waals surface area contributed by atoms with Crippen molar-refractivity contribution >= 4 is 5.78 Å². The monoisotopic (exact) mass is 365 g/mol. The van der Waals surface area contributed by atoms with E-state index in [1.54, 1.807) is 10.7 Å². The van der Waals surface area contributed by atoms with Crippen LogP contribution in [0.2, 0.25) is 0 Å². The van der Waals surface area contributed by atoms with Gasteiger partial charge in [0.15, 0.2) is 11.3 Å². The largest absolute Gasteiger partial charge is 0.328 e. The standard InChI is InChI=1S/C20H23N5O2/c21-13-20(8-9-20)25-12-17(23-24-25)16(14-4-2-1-3-5-14)10-18(26)15-6-7-19(27)22-11-15/h6-7,11-12,14,16H,1-5,8-10H2,(H,22,27)/t16-/m0/s1. The van der Waals surface area contributed by atoms with Gasteiger partial charge in [-0.1, -0.05) is 24.5 Å². The molecule has 2 aromatic rings. The van der Waals surface area contributed by atoms with Crippen LogP contribution in [-0.2, 0) is 5.54 Å². The molecule has 0 unspecified atom stereocenters. The lowest BCUT2D eigenvalue weighted by Gasteiger charge is -2.28. The quantitative estimate of drug-likeness (QED) is 0.793. The summed E-state index contributed by atoms with van der Waals surface area (Å²) < 4.78 is 1.68. The van der Waals surface area contributed by atoms with E-state index in [4.69, 9.17) is 0 Å². The molecular formula is C20H23N5O2. The average Bonchev–Trinajstić information content (AvgIpc) is 3.36. The number of ketones is 1. The van der Waals surface area contributed by atoms with Crippen molar-refractivity contribution in [2.45, 2.75) is 62.8 Å². The number of pyridine rings is 1. The van der Waals surface area contributed by atoms with Crippen molar-refractivity contribution in [1.29, 1.82) is 5.26 Å². The maximum absolute atomic E-state index is 12.8. The van der Waals surface area contributed by atoms with Crippen molar-refractivity contribution in [2.24, 2.45) is 5.92 Å². The molecule has 0 bridgehead atoms. The average molecular weight is 365 g/mol. The Morgan fingerprint density at radius 1 is 1.33 bits per heavy atom. The fourth-order valence-corrected chi connectivity index (χ4v) is 4.12. The van der Waals surface area contributed by atoms with Crippen LogP contribution < -0.4 is 5.56 Å². The van der Waals surface area contributed by atoms with Crippen LogP contribution in [0.4, 0.5) is 0 Å². The molecule has 0 amide bonds. The van der Waals surface area contributed by atoms with Crippen LogP contribution in [0.15, 0.2) is 29.3 Å². The second-order valence-electron chi connectivity index (χ2n) is 7.80. The van der Waals surface area contributed by atoms with E-state index >= 15 is 0 Å². The summed E-state index contributed by atoms with van der Waals surface area (Å²) in [7, 11) is 0. The van der Waals surface area contributed by atoms with E-state index in [2.05, 4.69) is 21.4 Å². The molecule has 0 spiro atoms. The van der Waals surface area contributed by atoms with Crippen LogP contribution in [-0.4, -0.2) is 25.8 Å². The third kappa shape index (κ3) is 3.57. The van der Waals surface area contributed by atoms with Gasteiger partial charge in [0.1, 0.15) is 0 Å². The summed E-state index contributed by atoms with van der Waals surface area (Å²) in [5, 5.41) is 18.0. The van der Waals surface area contributed by atoms with Gasteiger partial charge in [-0.15, -0.1) is 5.10 Å². The number of hydrogen-bond acceptors (Lipinski definition) is 5. The predicted octanol–water partition coefficient (Wildman–Crippen LogP) is 2.92. The fourth-order valence-electron chi connectivity index (χ4n) is 4.12. The van der Waals surface area contributed by atoms with E-state index in [9.17, 15) is 14.9 Å². The number of nitrogens with one attached hydrogen (secondary N) is 1. The van der Waals surface area contributed by atoms with Gasteiger partial charge in [0.25, 0.3) is 0 Å². The highest BCUT2D eigenvalue weighted by molar-refractivity contribution is 5.96. The third-order valence-corrected chi connectivity index (χ3v) is 5.99. The number of H-pyrrole nitrogens is 1. The van der Waals surface area contributed by atoms with E-state index in [0.29, 0.717) is 17.9 Å². The first kappa shape index (κ1) is 17.7. The lowest BCUT2D eigenvalue weighted by atomic mass is 9.76. The van der Waals surface area contributed by atoms with Crippen molar-refractivity contribution in [3.05, 3.63) is 46.1 Å². The highest BCUT2D eigenvalue weighted by Crippen LogP contribution is 2.43. The third-order valence-electron chi connectivity index (χ3n) is 5.99. The minimum Gasteiger partial charge on any atom is -0.328 e. The van der Waals surface area contributed by atoms with Crippen LogP contribution in [0.1, 0.15) is 73.3 Å². The SMILES string of the molecule is N#CC1(n2cc([C@@H](CC(=O)c3ccc(=O)[nH]c3)C3CCCCC3)nn2)CC1. The Labute approximate surface area is 157 Å². The highest BCUT2D eigenvalue weighted by Gasteiger charge is 2.47. The summed E-state index contributed by atoms with van der Waals surface area (Å²) in [6.07, 6.45) is 11.0. The Kier molecular flexibility index (Phi) is 4.65. The molecule has 1 N–H and O–H groups in total. The topological polar surface area (TPSA) is 104 Å². The first-order valence-corrected chi connectivity index (χ1v) is 9.67. The number of Topliss-reactive ketones (excluding diaryl/α,β-unsaturated/α-hetero) is 1. The molecule has 0 radical (unpaired) electrons. The van der Waals surface area contributed by atoms with Gasteiger partial charge in [-0.05, 0) is 37.7 Å². The van der Waals surface area contributed by atoms with Crippen molar-refractivity contribution in [2.75, 3.05) is 0 Å². The van der Waals surface area contributed by atoms with Gasteiger partial charge in [0, 0.05) is 30.2 Å². The van der Waals surface area contributed by atoms with Gasteiger partial charge in [-0.25, -0.2) is 4.68 Å². The molecule has 2 heterocycles. The van der Waals surface area contributed by atoms with E-state index < -0.39 is 5.54 Å². The summed E-state index contributed by atoms with van der Waals surface area (Å²) in [6.45, 7) is 0. The summed E-state index contributed by atoms with van der Waals surface area (Å²) in [5.41, 5.74) is 0.565. The predicted molar refractivity (Wildman–Crippen MR) is 98.2 cm³/mol. The molecule has 2 saturated carbocycles. The molecule has 140 valence electrons. The zero-order chi connectivity index (χ0) is 18.9. The number of carbonyl (C=O) groups is 1. The smallest absolute Gasteiger partial charge is 0.247 e. The first-order chi connectivity index (χ1) is 13.1. The van der Waals surface area contributed by atoms with Crippen LogP contribution in [0.5, 0.6) is 0 Å². The molecule has 7 heteroatoms. The van der Waals surface area contributed by atoms with E-state index in [-0.39, 0.29) is 17.3 Å². The number of rotatable bonds is 6. The van der Waals surface area contributed by atoms with E-state index in [0.717, 1.165) is 31.4 Å². The molecule has 0 aliphatic heterocycles. The number of aromatic amines is 1. The lowest BCUT2D eigenvalue weighted by Crippen LogP contribution is -2.20. The number of carbonyl (C=O) groups excluding carboxylic acids is 1. The second-order valence-corrected chi connectivity index (χ2v) is 7.80. The summed E-state index contributed by atoms with van der Waals surface area (Å²) in [4.78, 5) is 26.6. The van der Waals surface area contributed by atoms with Crippen LogP contribution in [0.25, 0.3) is 0 Å². The molecule has 2 fully saturated rings. The van der Waals surface area contributed by atoms with E-state index in [1.807, 2.05) is 6.20 Å². The van der Waals surface area contributed by atoms with Crippen molar-refractivity contribution in [3.8, 4) is 6.07 Å². The molecule has 0 saturated heterocycles. The van der Waals surface area contributed by atoms with Crippen molar-refractivity contribution in [1.82, 2.24) is 20.0 Å². The number of nitriles is 1. The summed E-state index contributed by atoms with van der Waals surface area (Å²) in [6, 6.07) is 5.28. The molecule has 0 aromatic carbocycles. The molecule has 2 aromatic heterocycles. The maximum atomic E-state index is 12.8. The molecular weight excluding hydrogens is 342 g/mol. The molecule has 2 aliphatic carbocycles. The first-order valence-electron chi connectivity index (χ1n) is 9.67. The van der Waals surface area contributed by atoms with Gasteiger partial charge >= 0.3 is 0 Å². The Morgan fingerprint density at radius 2 is 2.11 bits per heavy atom. The minimum absolute atomic E-state index is 0.00204. The van der Waals surface area contributed by atoms with Gasteiger partial charge in [0.2, 0.25) is 5.56 Å². The fraction of sp³-hybridized carbons (Fsp3) is 0.550. The molecule has 2 aliphatic rings. The van der Waals surface area contributed by atoms with Crippen molar-refractivity contribution in [3.63, 3.8) is 0 Å². The zero-order valence-corrected chi connectivity index (χ0v) is 15.2. The summed E-state index contributed by atoms with van der Waals surface area (Å²) >= 11 is 0. The van der Waals surface area contributed by atoms with E-state index in [1.165, 1.54) is 31.5 Å².